The van der Waals surface area contributed by atoms with Crippen molar-refractivity contribution in [3.05, 3.63) is 35.2 Å². The molecule has 5 nitrogen and oxygen atoms in total. The smallest absolute Gasteiger partial charge is 0.317 e. The summed E-state index contributed by atoms with van der Waals surface area (Å²) in [6, 6.07) is 10.2. The van der Waals surface area contributed by atoms with Gasteiger partial charge < -0.3 is 16.0 Å². The zero-order chi connectivity index (χ0) is 15.5. The minimum Gasteiger partial charge on any atom is -0.369 e. The number of benzene rings is 1. The van der Waals surface area contributed by atoms with Gasteiger partial charge in [-0.15, -0.1) is 11.3 Å². The first kappa shape index (κ1) is 14.8. The number of thiophene rings is 1. The molecule has 0 atom stereocenters. The zero-order valence-electron chi connectivity index (χ0n) is 12.2. The highest BCUT2D eigenvalue weighted by Gasteiger charge is 2.25. The Balaban J connectivity index is 1.53. The highest BCUT2D eigenvalue weighted by atomic mass is 32.1. The maximum absolute atomic E-state index is 12.2. The van der Waals surface area contributed by atoms with Crippen LogP contribution in [0.3, 0.4) is 0 Å². The van der Waals surface area contributed by atoms with Crippen LogP contribution in [0, 0.1) is 5.92 Å². The lowest BCUT2D eigenvalue weighted by atomic mass is 9.96. The van der Waals surface area contributed by atoms with Gasteiger partial charge in [-0.3, -0.25) is 4.79 Å². The number of carbonyl (C=O) groups is 2. The van der Waals surface area contributed by atoms with E-state index in [-0.39, 0.29) is 17.9 Å². The number of fused-ring (bicyclic) bond motifs is 1. The predicted octanol–water partition coefficient (Wildman–Crippen LogP) is 2.31. The molecule has 116 valence electrons. The van der Waals surface area contributed by atoms with Gasteiger partial charge >= 0.3 is 6.03 Å². The Morgan fingerprint density at radius 2 is 2.00 bits per heavy atom. The summed E-state index contributed by atoms with van der Waals surface area (Å²) in [6.45, 7) is 1.71. The molecular weight excluding hydrogens is 298 g/mol. The predicted molar refractivity (Wildman–Crippen MR) is 87.6 cm³/mol. The van der Waals surface area contributed by atoms with Crippen LogP contribution in [-0.2, 0) is 11.3 Å². The van der Waals surface area contributed by atoms with Crippen molar-refractivity contribution in [1.29, 1.82) is 0 Å². The Morgan fingerprint density at radius 1 is 1.27 bits per heavy atom. The van der Waals surface area contributed by atoms with Gasteiger partial charge in [-0.2, -0.15) is 0 Å². The molecule has 6 heteroatoms. The molecule has 0 unspecified atom stereocenters. The average molecular weight is 317 g/mol. The standard InChI is InChI=1S/C16H19N3O2S/c17-15(20)11-5-7-19(8-6-11)16(21)18-10-13-9-12-3-1-2-4-14(12)22-13/h1-4,9,11H,5-8,10H2,(H2,17,20)(H,18,21). The summed E-state index contributed by atoms with van der Waals surface area (Å²) in [7, 11) is 0. The van der Waals surface area contributed by atoms with E-state index in [1.807, 2.05) is 12.1 Å². The second kappa shape index (κ2) is 6.36. The number of nitrogens with zero attached hydrogens (tertiary/aromatic N) is 1. The van der Waals surface area contributed by atoms with Crippen LogP contribution in [0.15, 0.2) is 30.3 Å². The first-order valence-corrected chi connectivity index (χ1v) is 8.24. The third kappa shape index (κ3) is 3.22. The van der Waals surface area contributed by atoms with Gasteiger partial charge in [0.05, 0.1) is 6.54 Å². The molecule has 22 heavy (non-hydrogen) atoms. The lowest BCUT2D eigenvalue weighted by Gasteiger charge is -2.30. The number of hydrogen-bond donors (Lipinski definition) is 2. The molecule has 1 saturated heterocycles. The molecule has 0 radical (unpaired) electrons. The minimum atomic E-state index is -0.259. The molecule has 1 aliphatic heterocycles. The normalized spacial score (nSPS) is 15.9. The van der Waals surface area contributed by atoms with E-state index in [9.17, 15) is 9.59 Å². The number of likely N-dealkylation sites (tertiary alicyclic amines) is 1. The molecule has 1 aliphatic rings. The molecule has 2 heterocycles. The van der Waals surface area contributed by atoms with Crippen molar-refractivity contribution < 1.29 is 9.59 Å². The molecule has 1 aromatic carbocycles. The maximum atomic E-state index is 12.2. The third-order valence-corrected chi connectivity index (χ3v) is 5.19. The average Bonchev–Trinajstić information content (AvgIpc) is 2.95. The second-order valence-electron chi connectivity index (χ2n) is 5.57. The van der Waals surface area contributed by atoms with E-state index in [4.69, 9.17) is 5.73 Å². The molecule has 3 rings (SSSR count). The summed E-state index contributed by atoms with van der Waals surface area (Å²) in [5.41, 5.74) is 5.30. The SMILES string of the molecule is NC(=O)C1CCN(C(=O)NCc2cc3ccccc3s2)CC1. The van der Waals surface area contributed by atoms with Crippen LogP contribution < -0.4 is 11.1 Å². The van der Waals surface area contributed by atoms with E-state index < -0.39 is 0 Å². The minimum absolute atomic E-state index is 0.0691. The number of hydrogen-bond acceptors (Lipinski definition) is 3. The summed E-state index contributed by atoms with van der Waals surface area (Å²) < 4.78 is 1.23. The topological polar surface area (TPSA) is 75.4 Å². The van der Waals surface area contributed by atoms with Crippen LogP contribution >= 0.6 is 11.3 Å². The molecular formula is C16H19N3O2S. The van der Waals surface area contributed by atoms with Crippen LogP contribution in [0.2, 0.25) is 0 Å². The molecule has 0 aliphatic carbocycles. The summed E-state index contributed by atoms with van der Waals surface area (Å²) in [5.74, 6) is -0.350. The number of nitrogens with one attached hydrogen (secondary N) is 1. The van der Waals surface area contributed by atoms with Crippen molar-refractivity contribution in [1.82, 2.24) is 10.2 Å². The van der Waals surface area contributed by atoms with Crippen molar-refractivity contribution in [2.75, 3.05) is 13.1 Å². The summed E-state index contributed by atoms with van der Waals surface area (Å²) in [6.07, 6.45) is 1.32. The second-order valence-corrected chi connectivity index (χ2v) is 6.74. The summed E-state index contributed by atoms with van der Waals surface area (Å²) in [5, 5.41) is 4.16. The van der Waals surface area contributed by atoms with Gasteiger partial charge in [0.2, 0.25) is 5.91 Å². The zero-order valence-corrected chi connectivity index (χ0v) is 13.1. The molecule has 0 bridgehead atoms. The highest BCUT2D eigenvalue weighted by Crippen LogP contribution is 2.25. The molecule has 2 aromatic rings. The Bertz CT molecular complexity index is 657. The monoisotopic (exact) mass is 317 g/mol. The number of rotatable bonds is 3. The molecule has 0 saturated carbocycles. The first-order valence-electron chi connectivity index (χ1n) is 7.43. The fraction of sp³-hybridized carbons (Fsp3) is 0.375. The summed E-state index contributed by atoms with van der Waals surface area (Å²) in [4.78, 5) is 26.2. The quantitative estimate of drug-likeness (QED) is 0.911. The first-order chi connectivity index (χ1) is 10.6. The van der Waals surface area contributed by atoms with Crippen molar-refractivity contribution in [3.8, 4) is 0 Å². The summed E-state index contributed by atoms with van der Waals surface area (Å²) >= 11 is 1.70. The van der Waals surface area contributed by atoms with Gasteiger partial charge in [0.15, 0.2) is 0 Å². The van der Waals surface area contributed by atoms with Gasteiger partial charge in [0.25, 0.3) is 0 Å². The Hall–Kier alpha value is -2.08. The van der Waals surface area contributed by atoms with Crippen molar-refractivity contribution >= 4 is 33.4 Å². The van der Waals surface area contributed by atoms with Crippen molar-refractivity contribution in [2.24, 2.45) is 11.7 Å². The Morgan fingerprint density at radius 3 is 2.68 bits per heavy atom. The van der Waals surface area contributed by atoms with E-state index in [2.05, 4.69) is 23.5 Å². The highest BCUT2D eigenvalue weighted by molar-refractivity contribution is 7.19. The fourth-order valence-electron chi connectivity index (χ4n) is 2.77. The number of urea groups is 1. The Labute approximate surface area is 133 Å². The van der Waals surface area contributed by atoms with E-state index in [1.54, 1.807) is 16.2 Å². The van der Waals surface area contributed by atoms with Crippen LogP contribution in [0.4, 0.5) is 4.79 Å². The largest absolute Gasteiger partial charge is 0.369 e. The van der Waals surface area contributed by atoms with E-state index in [0.717, 1.165) is 4.88 Å². The van der Waals surface area contributed by atoms with Crippen LogP contribution in [0.5, 0.6) is 0 Å². The van der Waals surface area contributed by atoms with Crippen LogP contribution in [0.1, 0.15) is 17.7 Å². The molecule has 0 spiro atoms. The van der Waals surface area contributed by atoms with Gasteiger partial charge in [0.1, 0.15) is 0 Å². The van der Waals surface area contributed by atoms with Crippen LogP contribution in [0.25, 0.3) is 10.1 Å². The number of carbonyl (C=O) groups excluding carboxylic acids is 2. The lowest BCUT2D eigenvalue weighted by Crippen LogP contribution is -2.46. The van der Waals surface area contributed by atoms with E-state index in [1.165, 1.54) is 10.1 Å². The van der Waals surface area contributed by atoms with Gasteiger partial charge in [-0.25, -0.2) is 4.79 Å². The van der Waals surface area contributed by atoms with Crippen molar-refractivity contribution in [2.45, 2.75) is 19.4 Å². The number of nitrogens with two attached hydrogens (primary N) is 1. The third-order valence-electron chi connectivity index (χ3n) is 4.07. The lowest BCUT2D eigenvalue weighted by molar-refractivity contribution is -0.123. The molecule has 1 fully saturated rings. The molecule has 1 aromatic heterocycles. The fourth-order valence-corrected chi connectivity index (χ4v) is 3.77. The van der Waals surface area contributed by atoms with Crippen LogP contribution in [-0.4, -0.2) is 29.9 Å². The Kier molecular flexibility index (Phi) is 4.29. The number of piperidine rings is 1. The van der Waals surface area contributed by atoms with Gasteiger partial charge in [0, 0.05) is 28.6 Å². The van der Waals surface area contributed by atoms with Crippen molar-refractivity contribution in [3.63, 3.8) is 0 Å². The van der Waals surface area contributed by atoms with Gasteiger partial charge in [-0.05, 0) is 30.4 Å². The molecule has 3 amide bonds. The van der Waals surface area contributed by atoms with Gasteiger partial charge in [-0.1, -0.05) is 18.2 Å². The molecule has 3 N–H and O–H groups in total. The van der Waals surface area contributed by atoms with E-state index >= 15 is 0 Å². The maximum Gasteiger partial charge on any atom is 0.317 e. The number of amides is 3. The van der Waals surface area contributed by atoms with E-state index in [0.29, 0.717) is 32.5 Å². The number of primary amides is 1.